The Bertz CT molecular complexity index is 323. The minimum atomic E-state index is -0.507. The molecule has 1 atom stereocenters. The summed E-state index contributed by atoms with van der Waals surface area (Å²) < 4.78 is 5.96. The highest BCUT2D eigenvalue weighted by atomic mass is 32.2. The van der Waals surface area contributed by atoms with Crippen molar-refractivity contribution in [3.8, 4) is 0 Å². The van der Waals surface area contributed by atoms with Crippen molar-refractivity contribution in [2.75, 3.05) is 5.75 Å². The first-order valence-electron chi connectivity index (χ1n) is 5.16. The number of carbonyl (C=O) groups is 1. The minimum absolute atomic E-state index is 0.0561. The highest BCUT2D eigenvalue weighted by Crippen LogP contribution is 2.44. The van der Waals surface area contributed by atoms with E-state index in [9.17, 15) is 4.79 Å². The Kier molecular flexibility index (Phi) is 2.39. The molecule has 0 radical (unpaired) electrons. The fourth-order valence-corrected chi connectivity index (χ4v) is 3.71. The highest BCUT2D eigenvalue weighted by molar-refractivity contribution is 8.00. The topological polar surface area (TPSA) is 29.5 Å². The molecule has 15 heavy (non-hydrogen) atoms. The second-order valence-corrected chi connectivity index (χ2v) is 6.06. The molecule has 0 spiro atoms. The summed E-state index contributed by atoms with van der Waals surface area (Å²) in [4.78, 5) is 13.8. The van der Waals surface area contributed by atoms with Gasteiger partial charge in [-0.15, -0.1) is 11.8 Å². The maximum Gasteiger partial charge on any atom is 0.249 e. The molecule has 1 saturated heterocycles. The van der Waals surface area contributed by atoms with Gasteiger partial charge in [-0.2, -0.15) is 0 Å². The van der Waals surface area contributed by atoms with E-state index in [-0.39, 0.29) is 16.9 Å². The van der Waals surface area contributed by atoms with E-state index in [1.54, 1.807) is 17.8 Å². The monoisotopic (exact) mass is 227 g/mol. The number of hydrogen-bond acceptors (Lipinski definition) is 3. The normalized spacial score (nSPS) is 32.7. The Hall–Kier alpha value is -0.480. The van der Waals surface area contributed by atoms with E-state index in [2.05, 4.69) is 0 Å². The number of amides is 1. The molecule has 0 aromatic carbocycles. The molecule has 0 aliphatic carbocycles. The number of nitrogens with zero attached hydrogens (tertiary/aromatic N) is 1. The van der Waals surface area contributed by atoms with Crippen LogP contribution in [-0.2, 0) is 9.53 Å². The van der Waals surface area contributed by atoms with Gasteiger partial charge in [0, 0.05) is 11.8 Å². The van der Waals surface area contributed by atoms with Crippen LogP contribution in [0.1, 0.15) is 27.7 Å². The number of carbonyl (C=O) groups excluding carboxylic acids is 1. The SMILES string of the molecule is CC1(C)OC(C)(C)N2C(=O)C=CCSC21. The quantitative estimate of drug-likeness (QED) is 0.634. The maximum atomic E-state index is 11.9. The van der Waals surface area contributed by atoms with Gasteiger partial charge in [0.1, 0.15) is 11.1 Å². The van der Waals surface area contributed by atoms with Crippen molar-refractivity contribution >= 4 is 17.7 Å². The average molecular weight is 227 g/mol. The maximum absolute atomic E-state index is 11.9. The molecule has 0 aromatic heterocycles. The molecule has 0 bridgehead atoms. The van der Waals surface area contributed by atoms with Gasteiger partial charge in [0.25, 0.3) is 0 Å². The van der Waals surface area contributed by atoms with Crippen LogP contribution in [0.2, 0.25) is 0 Å². The zero-order valence-electron chi connectivity index (χ0n) is 9.61. The molecular weight excluding hydrogens is 210 g/mol. The molecule has 2 aliphatic heterocycles. The second kappa shape index (κ2) is 3.25. The Morgan fingerprint density at radius 2 is 2.13 bits per heavy atom. The predicted molar refractivity (Wildman–Crippen MR) is 61.5 cm³/mol. The van der Waals surface area contributed by atoms with Crippen molar-refractivity contribution in [2.45, 2.75) is 44.4 Å². The predicted octanol–water partition coefficient (Wildman–Crippen LogP) is 1.99. The van der Waals surface area contributed by atoms with Crippen LogP contribution < -0.4 is 0 Å². The summed E-state index contributed by atoms with van der Waals surface area (Å²) in [5.41, 5.74) is -0.789. The van der Waals surface area contributed by atoms with Crippen LogP contribution in [0.15, 0.2) is 12.2 Å². The third-order valence-corrected chi connectivity index (χ3v) is 4.25. The Morgan fingerprint density at radius 1 is 1.47 bits per heavy atom. The molecule has 84 valence electrons. The molecule has 0 saturated carbocycles. The minimum Gasteiger partial charge on any atom is -0.347 e. The number of thioether (sulfide) groups is 1. The first-order chi connectivity index (χ1) is 6.84. The lowest BCUT2D eigenvalue weighted by Gasteiger charge is -2.31. The zero-order valence-corrected chi connectivity index (χ0v) is 10.4. The molecule has 0 aromatic rings. The molecule has 1 fully saturated rings. The Morgan fingerprint density at radius 3 is 2.80 bits per heavy atom. The summed E-state index contributed by atoms with van der Waals surface area (Å²) in [6.45, 7) is 7.99. The van der Waals surface area contributed by atoms with Crippen LogP contribution >= 0.6 is 11.8 Å². The molecule has 0 N–H and O–H groups in total. The molecule has 3 nitrogen and oxygen atoms in total. The van der Waals surface area contributed by atoms with Crippen LogP contribution in [0.3, 0.4) is 0 Å². The lowest BCUT2D eigenvalue weighted by atomic mass is 10.1. The van der Waals surface area contributed by atoms with Crippen molar-refractivity contribution in [3.63, 3.8) is 0 Å². The number of ether oxygens (including phenoxy) is 1. The number of fused-ring (bicyclic) bond motifs is 1. The average Bonchev–Trinajstić information content (AvgIpc) is 2.20. The van der Waals surface area contributed by atoms with E-state index in [1.807, 2.05) is 38.7 Å². The molecule has 4 heteroatoms. The van der Waals surface area contributed by atoms with Crippen molar-refractivity contribution in [2.24, 2.45) is 0 Å². The van der Waals surface area contributed by atoms with Gasteiger partial charge in [0.15, 0.2) is 0 Å². The van der Waals surface area contributed by atoms with E-state index in [4.69, 9.17) is 4.74 Å². The first kappa shape index (κ1) is 11.0. The lowest BCUT2D eigenvalue weighted by Crippen LogP contribution is -2.46. The number of rotatable bonds is 0. The summed E-state index contributed by atoms with van der Waals surface area (Å²) in [6.07, 6.45) is 3.58. The van der Waals surface area contributed by atoms with Crippen LogP contribution in [0.5, 0.6) is 0 Å². The van der Waals surface area contributed by atoms with Gasteiger partial charge in [-0.1, -0.05) is 6.08 Å². The highest BCUT2D eigenvalue weighted by Gasteiger charge is 2.54. The summed E-state index contributed by atoms with van der Waals surface area (Å²) >= 11 is 1.76. The van der Waals surface area contributed by atoms with E-state index in [1.165, 1.54) is 0 Å². The third kappa shape index (κ3) is 1.70. The summed E-state index contributed by atoms with van der Waals surface area (Å²) in [6, 6.07) is 0. The lowest BCUT2D eigenvalue weighted by molar-refractivity contribution is -0.144. The van der Waals surface area contributed by atoms with Gasteiger partial charge >= 0.3 is 0 Å². The van der Waals surface area contributed by atoms with Crippen molar-refractivity contribution < 1.29 is 9.53 Å². The third-order valence-electron chi connectivity index (χ3n) is 2.77. The van der Waals surface area contributed by atoms with E-state index < -0.39 is 5.72 Å². The zero-order chi connectivity index (χ0) is 11.3. The van der Waals surface area contributed by atoms with Gasteiger partial charge in [-0.25, -0.2) is 0 Å². The van der Waals surface area contributed by atoms with Gasteiger partial charge in [0.2, 0.25) is 5.91 Å². The second-order valence-electron chi connectivity index (χ2n) is 4.95. The fraction of sp³-hybridized carbons (Fsp3) is 0.727. The first-order valence-corrected chi connectivity index (χ1v) is 6.21. The standard InChI is InChI=1S/C11H17NO2S/c1-10(2)9-12(11(3,4)14-10)8(13)6-5-7-15-9/h5-6,9H,7H2,1-4H3. The van der Waals surface area contributed by atoms with Gasteiger partial charge < -0.3 is 4.74 Å². The van der Waals surface area contributed by atoms with E-state index in [0.29, 0.717) is 0 Å². The fourth-order valence-electron chi connectivity index (χ4n) is 2.37. The summed E-state index contributed by atoms with van der Waals surface area (Å²) in [5.74, 6) is 0.927. The molecular formula is C11H17NO2S. The van der Waals surface area contributed by atoms with Gasteiger partial charge in [-0.3, -0.25) is 9.69 Å². The summed E-state index contributed by atoms with van der Waals surface area (Å²) in [5, 5.41) is 0.106. The molecule has 2 heterocycles. The summed E-state index contributed by atoms with van der Waals surface area (Å²) in [7, 11) is 0. The van der Waals surface area contributed by atoms with E-state index in [0.717, 1.165) is 5.75 Å². The molecule has 1 unspecified atom stereocenters. The Balaban J connectivity index is 2.40. The van der Waals surface area contributed by atoms with Crippen LogP contribution in [0, 0.1) is 0 Å². The van der Waals surface area contributed by atoms with Crippen LogP contribution in [0.4, 0.5) is 0 Å². The van der Waals surface area contributed by atoms with E-state index >= 15 is 0 Å². The largest absolute Gasteiger partial charge is 0.347 e. The number of hydrogen-bond donors (Lipinski definition) is 0. The molecule has 2 rings (SSSR count). The van der Waals surface area contributed by atoms with Gasteiger partial charge in [0.05, 0.1) is 5.60 Å². The van der Waals surface area contributed by atoms with Crippen molar-refractivity contribution in [1.82, 2.24) is 4.90 Å². The van der Waals surface area contributed by atoms with Crippen LogP contribution in [-0.4, -0.2) is 33.3 Å². The van der Waals surface area contributed by atoms with Crippen LogP contribution in [0.25, 0.3) is 0 Å². The smallest absolute Gasteiger partial charge is 0.249 e. The molecule has 2 aliphatic rings. The van der Waals surface area contributed by atoms with Crippen molar-refractivity contribution in [3.05, 3.63) is 12.2 Å². The van der Waals surface area contributed by atoms with Gasteiger partial charge in [-0.05, 0) is 27.7 Å². The van der Waals surface area contributed by atoms with Crippen molar-refractivity contribution in [1.29, 1.82) is 0 Å². The molecule has 1 amide bonds. The Labute approximate surface area is 94.8 Å².